The van der Waals surface area contributed by atoms with Gasteiger partial charge in [0.15, 0.2) is 0 Å². The van der Waals surface area contributed by atoms with Crippen molar-refractivity contribution in [3.05, 3.63) is 67.5 Å². The van der Waals surface area contributed by atoms with Crippen LogP contribution in [0.1, 0.15) is 20.7 Å². The molecule has 0 bridgehead atoms. The monoisotopic (exact) mass is 490 g/mol. The number of benzene rings is 2. The number of rotatable bonds is 5. The average molecular weight is 491 g/mol. The molecule has 23 heavy (non-hydrogen) atoms. The van der Waals surface area contributed by atoms with Crippen LogP contribution in [0.25, 0.3) is 0 Å². The molecule has 2 aromatic carbocycles. The Labute approximate surface area is 155 Å². The van der Waals surface area contributed by atoms with E-state index in [2.05, 4.69) is 26.6 Å². The summed E-state index contributed by atoms with van der Waals surface area (Å²) in [6, 6.07) is 11.0. The topological polar surface area (TPSA) is 58.2 Å². The van der Waals surface area contributed by atoms with Crippen LogP contribution in [0.3, 0.4) is 0 Å². The van der Waals surface area contributed by atoms with E-state index in [0.717, 1.165) is 4.47 Å². The maximum absolute atomic E-state index is 13.0. The van der Waals surface area contributed by atoms with Crippen LogP contribution in [0, 0.1) is 9.39 Å². The molecule has 2 rings (SSSR count). The van der Waals surface area contributed by atoms with Crippen LogP contribution in [0.4, 0.5) is 4.39 Å². The molecule has 0 radical (unpaired) electrons. The van der Waals surface area contributed by atoms with Crippen molar-refractivity contribution in [1.29, 1.82) is 0 Å². The number of nitrogens with one attached hydrogen (secondary N) is 2. The highest BCUT2D eigenvalue weighted by Gasteiger charge is 2.10. The van der Waals surface area contributed by atoms with Crippen LogP contribution in [0.2, 0.25) is 0 Å². The van der Waals surface area contributed by atoms with Crippen molar-refractivity contribution >= 4 is 50.3 Å². The van der Waals surface area contributed by atoms with Crippen LogP contribution < -0.4 is 10.6 Å². The van der Waals surface area contributed by atoms with E-state index in [4.69, 9.17) is 0 Å². The maximum Gasteiger partial charge on any atom is 0.252 e. The maximum atomic E-state index is 13.0. The molecule has 7 heteroatoms. The Morgan fingerprint density at radius 3 is 2.39 bits per heavy atom. The van der Waals surface area contributed by atoms with E-state index in [9.17, 15) is 14.0 Å². The SMILES string of the molecule is O=C(NCCNC(=O)c1ccc(F)cc1I)c1cccc(Br)c1. The smallest absolute Gasteiger partial charge is 0.252 e. The number of carbonyl (C=O) groups is 2. The van der Waals surface area contributed by atoms with E-state index in [1.54, 1.807) is 18.2 Å². The summed E-state index contributed by atoms with van der Waals surface area (Å²) >= 11 is 5.21. The second kappa shape index (κ2) is 8.39. The van der Waals surface area contributed by atoms with Gasteiger partial charge < -0.3 is 10.6 Å². The van der Waals surface area contributed by atoms with Gasteiger partial charge in [0, 0.05) is 26.7 Å². The summed E-state index contributed by atoms with van der Waals surface area (Å²) < 4.78 is 14.4. The molecule has 0 spiro atoms. The third-order valence-corrected chi connectivity index (χ3v) is 4.34. The number of hydrogen-bond acceptors (Lipinski definition) is 2. The fraction of sp³-hybridized carbons (Fsp3) is 0.125. The molecular weight excluding hydrogens is 478 g/mol. The van der Waals surface area contributed by atoms with Crippen molar-refractivity contribution < 1.29 is 14.0 Å². The first-order valence-electron chi connectivity index (χ1n) is 6.74. The molecule has 0 atom stereocenters. The van der Waals surface area contributed by atoms with Gasteiger partial charge >= 0.3 is 0 Å². The second-order valence-electron chi connectivity index (χ2n) is 4.65. The van der Waals surface area contributed by atoms with Crippen molar-refractivity contribution in [1.82, 2.24) is 10.6 Å². The van der Waals surface area contributed by atoms with Gasteiger partial charge in [0.2, 0.25) is 0 Å². The van der Waals surface area contributed by atoms with E-state index in [1.165, 1.54) is 18.2 Å². The molecule has 0 fully saturated rings. The van der Waals surface area contributed by atoms with Gasteiger partial charge in [0.05, 0.1) is 5.56 Å². The first-order valence-corrected chi connectivity index (χ1v) is 8.61. The van der Waals surface area contributed by atoms with Crippen LogP contribution in [-0.2, 0) is 0 Å². The van der Waals surface area contributed by atoms with Gasteiger partial charge in [0.25, 0.3) is 11.8 Å². The second-order valence-corrected chi connectivity index (χ2v) is 6.72. The van der Waals surface area contributed by atoms with Crippen LogP contribution in [-0.4, -0.2) is 24.9 Å². The van der Waals surface area contributed by atoms with E-state index in [0.29, 0.717) is 21.2 Å². The standard InChI is InChI=1S/C16H13BrFIN2O2/c17-11-3-1-2-10(8-11)15(22)20-6-7-21-16(23)13-5-4-12(18)9-14(13)19/h1-5,8-9H,6-7H2,(H,20,22)(H,21,23). The average Bonchev–Trinajstić information content (AvgIpc) is 2.51. The Hall–Kier alpha value is -1.48. The summed E-state index contributed by atoms with van der Waals surface area (Å²) in [7, 11) is 0. The van der Waals surface area contributed by atoms with Gasteiger partial charge in [-0.05, 0) is 59.0 Å². The van der Waals surface area contributed by atoms with Gasteiger partial charge in [-0.1, -0.05) is 22.0 Å². The lowest BCUT2D eigenvalue weighted by Crippen LogP contribution is -2.35. The Kier molecular flexibility index (Phi) is 6.52. The minimum absolute atomic E-state index is 0.211. The fourth-order valence-electron chi connectivity index (χ4n) is 1.85. The Morgan fingerprint density at radius 1 is 1.04 bits per heavy atom. The van der Waals surface area contributed by atoms with Gasteiger partial charge in [-0.25, -0.2) is 4.39 Å². The molecule has 4 nitrogen and oxygen atoms in total. The van der Waals surface area contributed by atoms with Crippen molar-refractivity contribution in [2.75, 3.05) is 13.1 Å². The van der Waals surface area contributed by atoms with Crippen LogP contribution in [0.15, 0.2) is 46.9 Å². The Bertz CT molecular complexity index is 740. The Balaban J connectivity index is 1.81. The quantitative estimate of drug-likeness (QED) is 0.499. The molecule has 0 saturated heterocycles. The molecule has 0 aliphatic heterocycles. The zero-order chi connectivity index (χ0) is 16.8. The minimum atomic E-state index is -0.382. The van der Waals surface area contributed by atoms with Crippen LogP contribution >= 0.6 is 38.5 Å². The first-order chi connectivity index (χ1) is 11.0. The Morgan fingerprint density at radius 2 is 1.74 bits per heavy atom. The minimum Gasteiger partial charge on any atom is -0.350 e. The summed E-state index contributed by atoms with van der Waals surface area (Å²) in [5, 5.41) is 5.41. The van der Waals surface area contributed by atoms with Gasteiger partial charge in [0.1, 0.15) is 5.82 Å². The molecule has 0 aromatic heterocycles. The van der Waals surface area contributed by atoms with E-state index < -0.39 is 0 Å². The highest BCUT2D eigenvalue weighted by molar-refractivity contribution is 14.1. The zero-order valence-corrected chi connectivity index (χ0v) is 15.6. The molecule has 0 aliphatic rings. The highest BCUT2D eigenvalue weighted by atomic mass is 127. The van der Waals surface area contributed by atoms with E-state index in [1.807, 2.05) is 28.7 Å². The molecule has 0 aliphatic carbocycles. The summed E-state index contributed by atoms with van der Waals surface area (Å²) in [5.41, 5.74) is 0.948. The molecule has 120 valence electrons. The highest BCUT2D eigenvalue weighted by Crippen LogP contribution is 2.13. The van der Waals surface area contributed by atoms with Crippen molar-refractivity contribution in [2.45, 2.75) is 0 Å². The zero-order valence-electron chi connectivity index (χ0n) is 11.9. The molecular formula is C16H13BrFIN2O2. The number of halogens is 3. The van der Waals surface area contributed by atoms with Gasteiger partial charge in [-0.15, -0.1) is 0 Å². The van der Waals surface area contributed by atoms with E-state index in [-0.39, 0.29) is 24.2 Å². The third kappa shape index (κ3) is 5.28. The molecule has 0 unspecified atom stereocenters. The molecule has 2 N–H and O–H groups in total. The van der Waals surface area contributed by atoms with E-state index >= 15 is 0 Å². The van der Waals surface area contributed by atoms with Crippen LogP contribution in [0.5, 0.6) is 0 Å². The van der Waals surface area contributed by atoms with Crippen molar-refractivity contribution in [2.24, 2.45) is 0 Å². The van der Waals surface area contributed by atoms with Crippen molar-refractivity contribution in [3.63, 3.8) is 0 Å². The molecule has 2 amide bonds. The van der Waals surface area contributed by atoms with Gasteiger partial charge in [-0.3, -0.25) is 9.59 Å². The first kappa shape index (κ1) is 17.9. The number of hydrogen-bond donors (Lipinski definition) is 2. The lowest BCUT2D eigenvalue weighted by Gasteiger charge is -2.08. The summed E-state index contributed by atoms with van der Waals surface area (Å²) in [5.74, 6) is -0.893. The molecule has 2 aromatic rings. The summed E-state index contributed by atoms with van der Waals surface area (Å²) in [6.07, 6.45) is 0. The predicted molar refractivity (Wildman–Crippen MR) is 97.9 cm³/mol. The lowest BCUT2D eigenvalue weighted by molar-refractivity contribution is 0.0927. The number of carbonyl (C=O) groups excluding carboxylic acids is 2. The predicted octanol–water partition coefficient (Wildman–Crippen LogP) is 3.35. The third-order valence-electron chi connectivity index (χ3n) is 2.96. The molecule has 0 heterocycles. The fourth-order valence-corrected chi connectivity index (χ4v) is 2.97. The normalized spacial score (nSPS) is 10.2. The molecule has 0 saturated carbocycles. The van der Waals surface area contributed by atoms with Gasteiger partial charge in [-0.2, -0.15) is 0 Å². The lowest BCUT2D eigenvalue weighted by atomic mass is 10.2. The summed E-state index contributed by atoms with van der Waals surface area (Å²) in [4.78, 5) is 23.9. The van der Waals surface area contributed by atoms with Crippen molar-refractivity contribution in [3.8, 4) is 0 Å². The number of amides is 2. The summed E-state index contributed by atoms with van der Waals surface area (Å²) in [6.45, 7) is 0.584. The largest absolute Gasteiger partial charge is 0.350 e.